The zero-order valence-electron chi connectivity index (χ0n) is 9.89. The quantitative estimate of drug-likeness (QED) is 0.647. The molecule has 8 heteroatoms. The van der Waals surface area contributed by atoms with Gasteiger partial charge in [0.2, 0.25) is 5.91 Å². The Kier molecular flexibility index (Phi) is 4.33. The number of carbonyl (C=O) groups is 1. The molecule has 0 aliphatic carbocycles. The largest absolute Gasteiger partial charge is 0.324 e. The summed E-state index contributed by atoms with van der Waals surface area (Å²) >= 11 is 1.65. The normalized spacial score (nSPS) is 18.9. The summed E-state index contributed by atoms with van der Waals surface area (Å²) in [7, 11) is 0. The van der Waals surface area contributed by atoms with Crippen molar-refractivity contribution in [2.75, 3.05) is 23.4 Å². The molecule has 19 heavy (non-hydrogen) atoms. The minimum Gasteiger partial charge on any atom is -0.324 e. The number of benzene rings is 1. The number of nitro groups is 1. The predicted molar refractivity (Wildman–Crippen MR) is 70.8 cm³/mol. The molecule has 1 atom stereocenters. The highest BCUT2D eigenvalue weighted by molar-refractivity contribution is 7.99. The van der Waals surface area contributed by atoms with Gasteiger partial charge in [0.05, 0.1) is 22.7 Å². The van der Waals surface area contributed by atoms with Crippen molar-refractivity contribution < 1.29 is 14.1 Å². The number of thioether (sulfide) groups is 1. The van der Waals surface area contributed by atoms with Gasteiger partial charge in [-0.1, -0.05) is 0 Å². The van der Waals surface area contributed by atoms with Crippen LogP contribution in [0.1, 0.15) is 0 Å². The fourth-order valence-electron chi connectivity index (χ4n) is 1.71. The Bertz CT molecular complexity index is 506. The Morgan fingerprint density at radius 2 is 2.32 bits per heavy atom. The fourth-order valence-corrected chi connectivity index (χ4v) is 2.65. The second-order valence-corrected chi connectivity index (χ2v) is 5.18. The van der Waals surface area contributed by atoms with Gasteiger partial charge >= 0.3 is 0 Å². The molecule has 0 bridgehead atoms. The molecule has 1 aromatic rings. The van der Waals surface area contributed by atoms with E-state index < -0.39 is 10.7 Å². The Morgan fingerprint density at radius 3 is 2.95 bits per heavy atom. The van der Waals surface area contributed by atoms with Crippen molar-refractivity contribution in [1.82, 2.24) is 5.32 Å². The van der Waals surface area contributed by atoms with Crippen molar-refractivity contribution in [3.63, 3.8) is 0 Å². The number of nitrogens with zero attached hydrogens (tertiary/aromatic N) is 1. The molecular formula is C11H12FN3O3S. The topological polar surface area (TPSA) is 84.3 Å². The third-order valence-electron chi connectivity index (χ3n) is 2.60. The van der Waals surface area contributed by atoms with Gasteiger partial charge in [0.25, 0.3) is 5.69 Å². The summed E-state index contributed by atoms with van der Waals surface area (Å²) in [6.07, 6.45) is 0. The van der Waals surface area contributed by atoms with Crippen molar-refractivity contribution in [1.29, 1.82) is 0 Å². The Balaban J connectivity index is 2.09. The highest BCUT2D eigenvalue weighted by atomic mass is 32.2. The van der Waals surface area contributed by atoms with E-state index in [4.69, 9.17) is 0 Å². The Morgan fingerprint density at radius 1 is 1.53 bits per heavy atom. The van der Waals surface area contributed by atoms with Crippen LogP contribution in [0.4, 0.5) is 15.8 Å². The van der Waals surface area contributed by atoms with Gasteiger partial charge in [-0.15, -0.1) is 0 Å². The first-order valence-electron chi connectivity index (χ1n) is 5.63. The van der Waals surface area contributed by atoms with Gasteiger partial charge < -0.3 is 10.6 Å². The van der Waals surface area contributed by atoms with Crippen LogP contribution in [0.5, 0.6) is 0 Å². The minimum absolute atomic E-state index is 0.0917. The maximum Gasteiger partial charge on any atom is 0.274 e. The molecule has 0 radical (unpaired) electrons. The lowest BCUT2D eigenvalue weighted by Gasteiger charge is -2.22. The van der Waals surface area contributed by atoms with Crippen LogP contribution in [0.2, 0.25) is 0 Å². The van der Waals surface area contributed by atoms with E-state index in [0.29, 0.717) is 5.75 Å². The molecule has 1 fully saturated rings. The van der Waals surface area contributed by atoms with Crippen LogP contribution < -0.4 is 10.6 Å². The summed E-state index contributed by atoms with van der Waals surface area (Å²) in [5.74, 6) is 0.501. The van der Waals surface area contributed by atoms with E-state index in [2.05, 4.69) is 10.6 Å². The molecule has 0 saturated carbocycles. The molecule has 0 aromatic heterocycles. The lowest BCUT2D eigenvalue weighted by molar-refractivity contribution is -0.385. The van der Waals surface area contributed by atoms with E-state index in [1.54, 1.807) is 11.8 Å². The van der Waals surface area contributed by atoms with Gasteiger partial charge in [-0.2, -0.15) is 11.8 Å². The van der Waals surface area contributed by atoms with Gasteiger partial charge in [0, 0.05) is 24.1 Å². The molecule has 2 rings (SSSR count). The number of hydrogen-bond donors (Lipinski definition) is 2. The molecule has 1 unspecified atom stereocenters. The lowest BCUT2D eigenvalue weighted by Crippen LogP contribution is -2.46. The first kappa shape index (κ1) is 13.8. The van der Waals surface area contributed by atoms with E-state index in [1.807, 2.05) is 0 Å². The predicted octanol–water partition coefficient (Wildman–Crippen LogP) is 1.38. The monoisotopic (exact) mass is 285 g/mol. The van der Waals surface area contributed by atoms with Crippen LogP contribution in [0, 0.1) is 15.9 Å². The molecule has 1 saturated heterocycles. The van der Waals surface area contributed by atoms with Gasteiger partial charge in [-0.3, -0.25) is 14.9 Å². The third-order valence-corrected chi connectivity index (χ3v) is 3.66. The summed E-state index contributed by atoms with van der Waals surface area (Å²) < 4.78 is 13.2. The zero-order valence-corrected chi connectivity index (χ0v) is 10.7. The van der Waals surface area contributed by atoms with Gasteiger partial charge in [0.1, 0.15) is 5.82 Å². The van der Waals surface area contributed by atoms with Crippen molar-refractivity contribution >= 4 is 29.0 Å². The molecule has 6 nitrogen and oxygen atoms in total. The number of nitrogens with one attached hydrogen (secondary N) is 2. The van der Waals surface area contributed by atoms with Gasteiger partial charge in [-0.05, 0) is 6.07 Å². The molecule has 1 heterocycles. The lowest BCUT2D eigenvalue weighted by atomic mass is 10.2. The summed E-state index contributed by atoms with van der Waals surface area (Å²) in [4.78, 5) is 21.8. The van der Waals surface area contributed by atoms with Crippen LogP contribution >= 0.6 is 11.8 Å². The Hall–Kier alpha value is -1.67. The van der Waals surface area contributed by atoms with Crippen LogP contribution in [0.15, 0.2) is 18.2 Å². The number of carbonyl (C=O) groups excluding carboxylic acids is 1. The van der Waals surface area contributed by atoms with Crippen molar-refractivity contribution in [2.24, 2.45) is 0 Å². The SMILES string of the molecule is O=C(Nc1cc(F)cc([N+](=O)[O-])c1)C1CSCCN1. The number of non-ortho nitro benzene ring substituents is 1. The first-order valence-corrected chi connectivity index (χ1v) is 6.79. The average Bonchev–Trinajstić information content (AvgIpc) is 2.39. The highest BCUT2D eigenvalue weighted by Crippen LogP contribution is 2.20. The summed E-state index contributed by atoms with van der Waals surface area (Å²) in [6, 6.07) is 2.64. The maximum absolute atomic E-state index is 13.2. The van der Waals surface area contributed by atoms with E-state index in [0.717, 1.165) is 30.5 Å². The second-order valence-electron chi connectivity index (χ2n) is 4.03. The van der Waals surface area contributed by atoms with Crippen LogP contribution in [0.3, 0.4) is 0 Å². The van der Waals surface area contributed by atoms with Crippen molar-refractivity contribution in [3.8, 4) is 0 Å². The Labute approximate surface area is 112 Å². The van der Waals surface area contributed by atoms with Crippen LogP contribution in [-0.2, 0) is 4.79 Å². The maximum atomic E-state index is 13.2. The number of nitro benzene ring substituents is 1. The van der Waals surface area contributed by atoms with Crippen LogP contribution in [0.25, 0.3) is 0 Å². The van der Waals surface area contributed by atoms with E-state index in [-0.39, 0.29) is 23.3 Å². The molecule has 1 aliphatic rings. The fraction of sp³-hybridized carbons (Fsp3) is 0.364. The number of halogens is 1. The van der Waals surface area contributed by atoms with E-state index >= 15 is 0 Å². The molecule has 1 aliphatic heterocycles. The zero-order chi connectivity index (χ0) is 13.8. The van der Waals surface area contributed by atoms with Gasteiger partial charge in [0.15, 0.2) is 0 Å². The summed E-state index contributed by atoms with van der Waals surface area (Å²) in [6.45, 7) is 0.728. The standard InChI is InChI=1S/C11H12FN3O3S/c12-7-3-8(5-9(4-7)15(17)18)14-11(16)10-6-19-2-1-13-10/h3-5,10,13H,1-2,6H2,(H,14,16). The van der Waals surface area contributed by atoms with E-state index in [1.165, 1.54) is 0 Å². The number of amides is 1. The molecule has 0 spiro atoms. The summed E-state index contributed by atoms with van der Waals surface area (Å²) in [5.41, 5.74) is -0.296. The minimum atomic E-state index is -0.754. The smallest absolute Gasteiger partial charge is 0.274 e. The van der Waals surface area contributed by atoms with Gasteiger partial charge in [-0.25, -0.2) is 4.39 Å². The molecule has 1 aromatic carbocycles. The molecule has 1 amide bonds. The molecule has 102 valence electrons. The first-order chi connectivity index (χ1) is 9.06. The van der Waals surface area contributed by atoms with Crippen LogP contribution in [-0.4, -0.2) is 34.9 Å². The van der Waals surface area contributed by atoms with Crippen molar-refractivity contribution in [2.45, 2.75) is 6.04 Å². The highest BCUT2D eigenvalue weighted by Gasteiger charge is 2.21. The molecule has 2 N–H and O–H groups in total. The summed E-state index contributed by atoms with van der Waals surface area (Å²) in [5, 5.41) is 16.1. The number of hydrogen-bond acceptors (Lipinski definition) is 5. The van der Waals surface area contributed by atoms with E-state index in [9.17, 15) is 19.3 Å². The number of rotatable bonds is 3. The second kappa shape index (κ2) is 5.98. The third kappa shape index (κ3) is 3.65. The van der Waals surface area contributed by atoms with Crippen molar-refractivity contribution in [3.05, 3.63) is 34.1 Å². The molecular weight excluding hydrogens is 273 g/mol. The average molecular weight is 285 g/mol. The number of anilines is 1.